The molecule has 0 saturated carbocycles. The van der Waals surface area contributed by atoms with Gasteiger partial charge in [-0.3, -0.25) is 9.36 Å². The minimum atomic E-state index is -0.00884. The van der Waals surface area contributed by atoms with Gasteiger partial charge in [-0.1, -0.05) is 18.2 Å². The van der Waals surface area contributed by atoms with Crippen LogP contribution in [0.4, 0.5) is 0 Å². The molecule has 0 aliphatic carbocycles. The number of benzene rings is 1. The van der Waals surface area contributed by atoms with E-state index >= 15 is 0 Å². The van der Waals surface area contributed by atoms with Crippen molar-refractivity contribution in [3.8, 4) is 0 Å². The molecule has 6 heteroatoms. The summed E-state index contributed by atoms with van der Waals surface area (Å²) in [6, 6.07) is 8.00. The lowest BCUT2D eigenvalue weighted by atomic mass is 10.2. The van der Waals surface area contributed by atoms with Crippen LogP contribution in [0.25, 0.3) is 20.3 Å². The normalized spacial score (nSPS) is 18.8. The Morgan fingerprint density at radius 3 is 3.10 bits per heavy atom. The second-order valence-electron chi connectivity index (χ2n) is 5.28. The predicted octanol–water partition coefficient (Wildman–Crippen LogP) is 3.45. The summed E-state index contributed by atoms with van der Waals surface area (Å²) in [5.74, 6) is 0. The molecule has 1 fully saturated rings. The van der Waals surface area contributed by atoms with Crippen molar-refractivity contribution in [2.45, 2.75) is 25.5 Å². The second kappa shape index (κ2) is 5.05. The Balaban J connectivity index is 1.94. The first-order valence-corrected chi connectivity index (χ1v) is 8.22. The Kier molecular flexibility index (Phi) is 3.17. The van der Waals surface area contributed by atoms with Crippen LogP contribution in [0.3, 0.4) is 0 Å². The van der Waals surface area contributed by atoms with E-state index in [0.29, 0.717) is 11.3 Å². The topological polar surface area (TPSA) is 47.0 Å². The number of H-pyrrole nitrogens is 1. The summed E-state index contributed by atoms with van der Waals surface area (Å²) in [4.78, 5) is 16.0. The predicted molar refractivity (Wildman–Crippen MR) is 87.7 cm³/mol. The molecule has 21 heavy (non-hydrogen) atoms. The van der Waals surface area contributed by atoms with E-state index in [1.165, 1.54) is 11.3 Å². The Morgan fingerprint density at radius 2 is 2.29 bits per heavy atom. The van der Waals surface area contributed by atoms with Crippen LogP contribution in [0.2, 0.25) is 0 Å². The first kappa shape index (κ1) is 13.2. The van der Waals surface area contributed by atoms with Crippen LogP contribution in [0.1, 0.15) is 12.8 Å². The molecule has 3 heterocycles. The van der Waals surface area contributed by atoms with E-state index in [9.17, 15) is 4.79 Å². The fourth-order valence-electron chi connectivity index (χ4n) is 2.87. The van der Waals surface area contributed by atoms with Crippen LogP contribution >= 0.6 is 23.6 Å². The van der Waals surface area contributed by atoms with Crippen molar-refractivity contribution < 1.29 is 4.74 Å². The van der Waals surface area contributed by atoms with E-state index < -0.39 is 0 Å². The van der Waals surface area contributed by atoms with Crippen molar-refractivity contribution in [1.29, 1.82) is 0 Å². The molecule has 1 N–H and O–H groups in total. The van der Waals surface area contributed by atoms with Crippen molar-refractivity contribution in [3.63, 3.8) is 0 Å². The van der Waals surface area contributed by atoms with Gasteiger partial charge in [-0.05, 0) is 31.1 Å². The highest BCUT2D eigenvalue weighted by atomic mass is 32.1. The Morgan fingerprint density at radius 1 is 1.43 bits per heavy atom. The highest BCUT2D eigenvalue weighted by Crippen LogP contribution is 2.30. The summed E-state index contributed by atoms with van der Waals surface area (Å²) in [6.07, 6.45) is 2.15. The molecule has 0 bridgehead atoms. The Hall–Kier alpha value is -1.50. The lowest BCUT2D eigenvalue weighted by Crippen LogP contribution is -2.27. The molecule has 0 spiro atoms. The maximum absolute atomic E-state index is 12.7. The Labute approximate surface area is 130 Å². The molecular weight excluding hydrogens is 304 g/mol. The van der Waals surface area contributed by atoms with Gasteiger partial charge in [0.1, 0.15) is 4.70 Å². The number of fused-ring (bicyclic) bond motifs is 3. The number of hydrogen-bond donors (Lipinski definition) is 1. The van der Waals surface area contributed by atoms with Gasteiger partial charge in [-0.2, -0.15) is 0 Å². The van der Waals surface area contributed by atoms with Gasteiger partial charge < -0.3 is 9.72 Å². The molecule has 1 aliphatic heterocycles. The fourth-order valence-corrected chi connectivity index (χ4v) is 4.23. The first-order chi connectivity index (χ1) is 10.2. The number of nitrogens with one attached hydrogen (secondary N) is 1. The zero-order chi connectivity index (χ0) is 14.4. The molecule has 4 nitrogen and oxygen atoms in total. The summed E-state index contributed by atoms with van der Waals surface area (Å²) < 4.78 is 9.58. The van der Waals surface area contributed by atoms with E-state index in [-0.39, 0.29) is 11.7 Å². The van der Waals surface area contributed by atoms with Gasteiger partial charge in [0, 0.05) is 16.7 Å². The highest BCUT2D eigenvalue weighted by Gasteiger charge is 2.19. The molecule has 1 atom stereocenters. The largest absolute Gasteiger partial charge is 0.376 e. The number of hydrogen-bond acceptors (Lipinski definition) is 4. The Bertz CT molecular complexity index is 932. The van der Waals surface area contributed by atoms with E-state index in [4.69, 9.17) is 17.0 Å². The van der Waals surface area contributed by atoms with Crippen molar-refractivity contribution in [1.82, 2.24) is 9.55 Å². The monoisotopic (exact) mass is 318 g/mol. The molecule has 1 aromatic carbocycles. The van der Waals surface area contributed by atoms with Gasteiger partial charge in [-0.25, -0.2) is 0 Å². The second-order valence-corrected chi connectivity index (χ2v) is 6.72. The van der Waals surface area contributed by atoms with Gasteiger partial charge in [-0.15, -0.1) is 11.3 Å². The van der Waals surface area contributed by atoms with Crippen molar-refractivity contribution in [3.05, 3.63) is 39.4 Å². The average Bonchev–Trinajstić information content (AvgIpc) is 3.11. The molecule has 1 aliphatic rings. The number of nitrogens with zero attached hydrogens (tertiary/aromatic N) is 1. The van der Waals surface area contributed by atoms with E-state index in [1.54, 1.807) is 4.57 Å². The first-order valence-electron chi connectivity index (χ1n) is 7.00. The number of thiophene rings is 1. The third-order valence-corrected chi connectivity index (χ3v) is 5.40. The van der Waals surface area contributed by atoms with E-state index in [1.807, 2.05) is 24.3 Å². The quantitative estimate of drug-likeness (QED) is 0.736. The summed E-state index contributed by atoms with van der Waals surface area (Å²) in [5.41, 5.74) is 0.847. The summed E-state index contributed by atoms with van der Waals surface area (Å²) in [5, 5.41) is 1.06. The summed E-state index contributed by atoms with van der Waals surface area (Å²) in [6.45, 7) is 1.32. The third kappa shape index (κ3) is 2.14. The maximum atomic E-state index is 12.7. The molecule has 0 radical (unpaired) electrons. The van der Waals surface area contributed by atoms with Crippen LogP contribution in [0, 0.1) is 4.77 Å². The van der Waals surface area contributed by atoms with Crippen molar-refractivity contribution in [2.75, 3.05) is 6.61 Å². The zero-order valence-electron chi connectivity index (χ0n) is 11.3. The molecule has 108 valence electrons. The molecule has 3 aromatic rings. The average molecular weight is 318 g/mol. The highest BCUT2D eigenvalue weighted by molar-refractivity contribution is 7.71. The van der Waals surface area contributed by atoms with Crippen LogP contribution in [0.15, 0.2) is 29.1 Å². The van der Waals surface area contributed by atoms with Crippen molar-refractivity contribution in [2.24, 2.45) is 0 Å². The third-order valence-electron chi connectivity index (χ3n) is 3.92. The zero-order valence-corrected chi connectivity index (χ0v) is 12.9. The maximum Gasteiger partial charge on any atom is 0.272 e. The molecule has 0 unspecified atom stereocenters. The van der Waals surface area contributed by atoms with Gasteiger partial charge in [0.15, 0.2) is 4.77 Å². The van der Waals surface area contributed by atoms with Crippen LogP contribution in [-0.4, -0.2) is 22.3 Å². The van der Waals surface area contributed by atoms with Gasteiger partial charge in [0.2, 0.25) is 0 Å². The smallest absolute Gasteiger partial charge is 0.272 e. The number of rotatable bonds is 2. The molecule has 4 rings (SSSR count). The van der Waals surface area contributed by atoms with Crippen LogP contribution in [-0.2, 0) is 11.3 Å². The SMILES string of the molecule is O=c1c2sc3ccccc3c2[nH]c(=S)n1C[C@@H]1CCCO1. The number of aromatic amines is 1. The van der Waals surface area contributed by atoms with Crippen molar-refractivity contribution >= 4 is 43.9 Å². The molecule has 2 aromatic heterocycles. The fraction of sp³-hybridized carbons (Fsp3) is 0.333. The summed E-state index contributed by atoms with van der Waals surface area (Å²) >= 11 is 6.90. The lowest BCUT2D eigenvalue weighted by molar-refractivity contribution is 0.0957. The minimum absolute atomic E-state index is 0.00884. The van der Waals surface area contributed by atoms with Crippen LogP contribution in [0.5, 0.6) is 0 Å². The minimum Gasteiger partial charge on any atom is -0.376 e. The number of ether oxygens (including phenoxy) is 1. The van der Waals surface area contributed by atoms with E-state index in [0.717, 1.165) is 39.8 Å². The lowest BCUT2D eigenvalue weighted by Gasteiger charge is -2.11. The van der Waals surface area contributed by atoms with Gasteiger partial charge in [0.05, 0.1) is 18.2 Å². The van der Waals surface area contributed by atoms with Crippen LogP contribution < -0.4 is 5.56 Å². The standard InChI is InChI=1S/C15H14N2O2S2/c18-14-13-12(10-5-1-2-6-11(10)21-13)16-15(20)17(14)8-9-4-3-7-19-9/h1-2,5-6,9H,3-4,7-8H2,(H,16,20)/t9-/m0/s1. The molecule has 1 saturated heterocycles. The van der Waals surface area contributed by atoms with Gasteiger partial charge >= 0.3 is 0 Å². The van der Waals surface area contributed by atoms with Gasteiger partial charge in [0.25, 0.3) is 5.56 Å². The molecular formula is C15H14N2O2S2. The molecule has 0 amide bonds. The summed E-state index contributed by atoms with van der Waals surface area (Å²) in [7, 11) is 0. The van der Waals surface area contributed by atoms with E-state index in [2.05, 4.69) is 4.98 Å². The number of aromatic nitrogens is 2.